The van der Waals surface area contributed by atoms with E-state index in [-0.39, 0.29) is 17.9 Å². The topological polar surface area (TPSA) is 43.9 Å². The third kappa shape index (κ3) is 3.77. The molecule has 0 aromatic heterocycles. The number of carbonyl (C=O) groups excluding carboxylic acids is 2. The highest BCUT2D eigenvalue weighted by Gasteiger charge is 2.44. The number of anilines is 2. The molecule has 9 heteroatoms. The molecule has 0 N–H and O–H groups in total. The molecule has 2 aromatic carbocycles. The minimum atomic E-state index is -4.57. The van der Waals surface area contributed by atoms with Crippen LogP contribution in [0.4, 0.5) is 28.9 Å². The first-order chi connectivity index (χ1) is 14.3. The number of halogens is 4. The van der Waals surface area contributed by atoms with Gasteiger partial charge < -0.3 is 4.90 Å². The van der Waals surface area contributed by atoms with Gasteiger partial charge in [-0.1, -0.05) is 18.2 Å². The number of hydrogen-bond acceptors (Lipinski definition) is 4. The summed E-state index contributed by atoms with van der Waals surface area (Å²) in [5.41, 5.74) is -0.508. The van der Waals surface area contributed by atoms with Gasteiger partial charge in [0.25, 0.3) is 5.91 Å². The molecule has 2 aliphatic heterocycles. The maximum atomic E-state index is 14.0. The molecule has 2 saturated heterocycles. The Morgan fingerprint density at radius 1 is 0.900 bits per heavy atom. The van der Waals surface area contributed by atoms with Crippen LogP contribution in [0.15, 0.2) is 48.5 Å². The summed E-state index contributed by atoms with van der Waals surface area (Å²) in [4.78, 5) is 29.9. The Hall–Kier alpha value is -2.94. The van der Waals surface area contributed by atoms with Gasteiger partial charge in [0.2, 0.25) is 5.91 Å². The number of nitrogens with zero attached hydrogens (tertiary/aromatic N) is 3. The molecule has 0 spiro atoms. The Kier molecular flexibility index (Phi) is 5.23. The number of amides is 2. The lowest BCUT2D eigenvalue weighted by Gasteiger charge is -2.38. The third-order valence-electron chi connectivity index (χ3n) is 5.50. The standard InChI is InChI=1S/C21H19F4N3O2/c22-16-6-1-2-7-17(16)26-8-10-27(11-9-26)18-13-19(29)28(20(18)30)15-5-3-4-14(12-15)21(23,24)25/h1-7,12,18H,8-11,13H2. The maximum absolute atomic E-state index is 14.0. The molecule has 0 aliphatic carbocycles. The van der Waals surface area contributed by atoms with E-state index < -0.39 is 29.6 Å². The predicted octanol–water partition coefficient (Wildman–Crippen LogP) is 3.30. The summed E-state index contributed by atoms with van der Waals surface area (Å²) in [5.74, 6) is -1.38. The molecule has 2 aliphatic rings. The Morgan fingerprint density at radius 3 is 2.27 bits per heavy atom. The fourth-order valence-electron chi connectivity index (χ4n) is 3.98. The number of piperazine rings is 1. The average molecular weight is 421 g/mol. The van der Waals surface area contributed by atoms with Crippen LogP contribution in [-0.4, -0.2) is 48.9 Å². The van der Waals surface area contributed by atoms with Crippen LogP contribution in [0.25, 0.3) is 0 Å². The summed E-state index contributed by atoms with van der Waals surface area (Å²) in [6.07, 6.45) is -4.65. The highest BCUT2D eigenvalue weighted by atomic mass is 19.4. The monoisotopic (exact) mass is 421 g/mol. The van der Waals surface area contributed by atoms with Crippen LogP contribution in [0.2, 0.25) is 0 Å². The zero-order valence-electron chi connectivity index (χ0n) is 15.9. The number of imide groups is 1. The molecule has 0 saturated carbocycles. The van der Waals surface area contributed by atoms with Gasteiger partial charge in [-0.3, -0.25) is 14.5 Å². The normalized spacial score (nSPS) is 20.9. The first-order valence-corrected chi connectivity index (χ1v) is 9.53. The van der Waals surface area contributed by atoms with E-state index in [0.29, 0.717) is 31.9 Å². The molecule has 2 aromatic rings. The maximum Gasteiger partial charge on any atom is 0.416 e. The van der Waals surface area contributed by atoms with E-state index in [1.165, 1.54) is 18.2 Å². The molecule has 158 valence electrons. The number of hydrogen-bond donors (Lipinski definition) is 0. The number of carbonyl (C=O) groups is 2. The van der Waals surface area contributed by atoms with Crippen molar-refractivity contribution in [3.8, 4) is 0 Å². The van der Waals surface area contributed by atoms with Crippen molar-refractivity contribution in [2.45, 2.75) is 18.6 Å². The number of para-hydroxylation sites is 1. The molecule has 5 nitrogen and oxygen atoms in total. The minimum absolute atomic E-state index is 0.0766. The largest absolute Gasteiger partial charge is 0.416 e. The van der Waals surface area contributed by atoms with Crippen molar-refractivity contribution in [1.29, 1.82) is 0 Å². The lowest BCUT2D eigenvalue weighted by molar-refractivity contribution is -0.137. The van der Waals surface area contributed by atoms with Crippen LogP contribution in [0.3, 0.4) is 0 Å². The predicted molar refractivity (Wildman–Crippen MR) is 103 cm³/mol. The Morgan fingerprint density at radius 2 is 1.60 bits per heavy atom. The average Bonchev–Trinajstić information content (AvgIpc) is 3.02. The molecular weight excluding hydrogens is 402 g/mol. The molecule has 1 unspecified atom stereocenters. The summed E-state index contributed by atoms with van der Waals surface area (Å²) in [7, 11) is 0. The lowest BCUT2D eigenvalue weighted by atomic mass is 10.1. The van der Waals surface area contributed by atoms with Gasteiger partial charge in [-0.05, 0) is 30.3 Å². The van der Waals surface area contributed by atoms with Crippen molar-refractivity contribution in [3.63, 3.8) is 0 Å². The number of benzene rings is 2. The van der Waals surface area contributed by atoms with E-state index in [4.69, 9.17) is 0 Å². The zero-order chi connectivity index (χ0) is 21.5. The highest BCUT2D eigenvalue weighted by molar-refractivity contribution is 6.22. The molecule has 2 heterocycles. The molecule has 4 rings (SSSR count). The van der Waals surface area contributed by atoms with Crippen LogP contribution in [0, 0.1) is 5.82 Å². The van der Waals surface area contributed by atoms with E-state index in [1.807, 2.05) is 9.80 Å². The minimum Gasteiger partial charge on any atom is -0.367 e. The molecule has 1 atom stereocenters. The first kappa shape index (κ1) is 20.3. The van der Waals surface area contributed by atoms with Crippen molar-refractivity contribution in [2.75, 3.05) is 36.0 Å². The van der Waals surface area contributed by atoms with Crippen LogP contribution in [-0.2, 0) is 15.8 Å². The summed E-state index contributed by atoms with van der Waals surface area (Å²) in [6.45, 7) is 1.83. The van der Waals surface area contributed by atoms with Gasteiger partial charge >= 0.3 is 6.18 Å². The van der Waals surface area contributed by atoms with Crippen LogP contribution in [0.1, 0.15) is 12.0 Å². The van der Waals surface area contributed by atoms with Crippen molar-refractivity contribution < 1.29 is 27.2 Å². The van der Waals surface area contributed by atoms with E-state index in [0.717, 1.165) is 17.0 Å². The Balaban J connectivity index is 1.47. The van der Waals surface area contributed by atoms with Crippen molar-refractivity contribution in [3.05, 3.63) is 59.9 Å². The fraction of sp³-hybridized carbons (Fsp3) is 0.333. The summed E-state index contributed by atoms with van der Waals surface area (Å²) in [5, 5.41) is 0. The number of rotatable bonds is 3. The van der Waals surface area contributed by atoms with Crippen LogP contribution < -0.4 is 9.80 Å². The van der Waals surface area contributed by atoms with Crippen molar-refractivity contribution in [2.24, 2.45) is 0 Å². The van der Waals surface area contributed by atoms with E-state index >= 15 is 0 Å². The molecular formula is C21H19F4N3O2. The van der Waals surface area contributed by atoms with Gasteiger partial charge in [-0.15, -0.1) is 0 Å². The number of alkyl halides is 3. The van der Waals surface area contributed by atoms with Crippen LogP contribution in [0.5, 0.6) is 0 Å². The summed E-state index contributed by atoms with van der Waals surface area (Å²) >= 11 is 0. The van der Waals surface area contributed by atoms with Gasteiger partial charge in [-0.2, -0.15) is 13.2 Å². The first-order valence-electron chi connectivity index (χ1n) is 9.53. The summed E-state index contributed by atoms with van der Waals surface area (Å²) in [6, 6.07) is 9.91. The van der Waals surface area contributed by atoms with Gasteiger partial charge in [0.05, 0.1) is 29.4 Å². The van der Waals surface area contributed by atoms with Gasteiger partial charge in [-0.25, -0.2) is 9.29 Å². The highest BCUT2D eigenvalue weighted by Crippen LogP contribution is 2.34. The van der Waals surface area contributed by atoms with Gasteiger partial charge in [0, 0.05) is 26.2 Å². The van der Waals surface area contributed by atoms with E-state index in [9.17, 15) is 27.2 Å². The Bertz CT molecular complexity index is 971. The van der Waals surface area contributed by atoms with Crippen molar-refractivity contribution in [1.82, 2.24) is 4.90 Å². The van der Waals surface area contributed by atoms with Gasteiger partial charge in [0.1, 0.15) is 5.82 Å². The SMILES string of the molecule is O=C1CC(N2CCN(c3ccccc3F)CC2)C(=O)N1c1cccc(C(F)(F)F)c1. The van der Waals surface area contributed by atoms with E-state index in [1.54, 1.807) is 18.2 Å². The lowest BCUT2D eigenvalue weighted by Crippen LogP contribution is -2.52. The Labute approximate surface area is 170 Å². The summed E-state index contributed by atoms with van der Waals surface area (Å²) < 4.78 is 53.0. The molecule has 0 bridgehead atoms. The molecule has 0 radical (unpaired) electrons. The second-order valence-corrected chi connectivity index (χ2v) is 7.31. The fourth-order valence-corrected chi connectivity index (χ4v) is 3.98. The molecule has 2 amide bonds. The quantitative estimate of drug-likeness (QED) is 0.564. The van der Waals surface area contributed by atoms with Crippen molar-refractivity contribution >= 4 is 23.2 Å². The van der Waals surface area contributed by atoms with Crippen LogP contribution >= 0.6 is 0 Å². The molecule has 30 heavy (non-hydrogen) atoms. The second kappa shape index (κ2) is 7.71. The van der Waals surface area contributed by atoms with E-state index in [2.05, 4.69) is 0 Å². The third-order valence-corrected chi connectivity index (χ3v) is 5.50. The molecule has 2 fully saturated rings. The van der Waals surface area contributed by atoms with Gasteiger partial charge in [0.15, 0.2) is 0 Å². The smallest absolute Gasteiger partial charge is 0.367 e. The second-order valence-electron chi connectivity index (χ2n) is 7.31. The zero-order valence-corrected chi connectivity index (χ0v) is 15.9.